The van der Waals surface area contributed by atoms with Gasteiger partial charge in [-0.1, -0.05) is 25.7 Å². The molecule has 0 aromatic carbocycles. The molecule has 5 nitrogen and oxygen atoms in total. The lowest BCUT2D eigenvalue weighted by Crippen LogP contribution is -2.22. The molecule has 1 aromatic rings. The maximum Gasteiger partial charge on any atom is 0.453 e. The minimum Gasteiger partial charge on any atom is -0.480 e. The first-order chi connectivity index (χ1) is 8.88. The number of nitrogens with zero attached hydrogens (tertiary/aromatic N) is 3. The van der Waals surface area contributed by atoms with E-state index in [0.29, 0.717) is 6.42 Å². The van der Waals surface area contributed by atoms with Crippen molar-refractivity contribution in [2.45, 2.75) is 44.3 Å². The van der Waals surface area contributed by atoms with E-state index >= 15 is 0 Å². The maximum atomic E-state index is 12.4. The predicted octanol–water partition coefficient (Wildman–Crippen LogP) is 2.50. The topological polar surface area (TPSA) is 68.0 Å². The highest BCUT2D eigenvalue weighted by molar-refractivity contribution is 5.71. The van der Waals surface area contributed by atoms with Gasteiger partial charge in [-0.05, 0) is 12.3 Å². The second kappa shape index (κ2) is 5.18. The summed E-state index contributed by atoms with van der Waals surface area (Å²) in [5.74, 6) is -2.24. The van der Waals surface area contributed by atoms with Crippen LogP contribution in [0.25, 0.3) is 0 Å². The van der Waals surface area contributed by atoms with Gasteiger partial charge in [0.2, 0.25) is 0 Å². The molecule has 1 unspecified atom stereocenters. The summed E-state index contributed by atoms with van der Waals surface area (Å²) in [6.07, 6.45) is 0.424. The largest absolute Gasteiger partial charge is 0.480 e. The summed E-state index contributed by atoms with van der Waals surface area (Å²) in [5, 5.41) is 12.4. The quantitative estimate of drug-likeness (QED) is 0.918. The van der Waals surface area contributed by atoms with Crippen molar-refractivity contribution in [2.24, 2.45) is 5.92 Å². The molecule has 1 N–H and O–H groups in total. The monoisotopic (exact) mass is 277 g/mol. The van der Waals surface area contributed by atoms with Gasteiger partial charge in [-0.15, -0.1) is 5.10 Å². The summed E-state index contributed by atoms with van der Waals surface area (Å²) in [6, 6.07) is -1.08. The van der Waals surface area contributed by atoms with Crippen LogP contribution in [-0.2, 0) is 11.0 Å². The third kappa shape index (κ3) is 3.24. The third-order valence-corrected chi connectivity index (χ3v) is 3.40. The molecule has 0 amide bonds. The van der Waals surface area contributed by atoms with Crippen molar-refractivity contribution >= 4 is 5.97 Å². The Labute approximate surface area is 107 Å². The summed E-state index contributed by atoms with van der Waals surface area (Å²) in [4.78, 5) is 14.3. The molecule has 0 aliphatic heterocycles. The first-order valence-corrected chi connectivity index (χ1v) is 6.09. The lowest BCUT2D eigenvalue weighted by molar-refractivity contribution is -0.147. The van der Waals surface area contributed by atoms with Crippen LogP contribution < -0.4 is 0 Å². The molecule has 8 heteroatoms. The van der Waals surface area contributed by atoms with Gasteiger partial charge in [-0.3, -0.25) is 0 Å². The van der Waals surface area contributed by atoms with Gasteiger partial charge in [0.1, 0.15) is 6.33 Å². The zero-order chi connectivity index (χ0) is 14.0. The van der Waals surface area contributed by atoms with Gasteiger partial charge in [0.25, 0.3) is 5.82 Å². The minimum absolute atomic E-state index is 0.236. The predicted molar refractivity (Wildman–Crippen MR) is 58.3 cm³/mol. The maximum absolute atomic E-state index is 12.4. The molecule has 1 saturated carbocycles. The summed E-state index contributed by atoms with van der Waals surface area (Å²) in [5.41, 5.74) is 0. The summed E-state index contributed by atoms with van der Waals surface area (Å²) in [7, 11) is 0. The van der Waals surface area contributed by atoms with Crippen LogP contribution in [-0.4, -0.2) is 25.8 Å². The van der Waals surface area contributed by atoms with E-state index in [1.807, 2.05) is 0 Å². The molecule has 1 fully saturated rings. The Morgan fingerprint density at radius 2 is 2.11 bits per heavy atom. The number of carbonyl (C=O) groups is 1. The van der Waals surface area contributed by atoms with E-state index in [1.165, 1.54) is 0 Å². The standard InChI is InChI=1S/C11H14F3N3O2/c12-11(13,14)10-15-6-17(16-10)8(9(18)19)5-7-3-1-2-4-7/h6-8H,1-5H2,(H,18,19). The summed E-state index contributed by atoms with van der Waals surface area (Å²) in [6.45, 7) is 0. The number of carboxylic acids is 1. The van der Waals surface area contributed by atoms with E-state index in [2.05, 4.69) is 10.1 Å². The van der Waals surface area contributed by atoms with Crippen molar-refractivity contribution in [3.8, 4) is 0 Å². The molecule has 1 heterocycles. The number of carboxylic acid groups (broad SMARTS) is 1. The molecule has 2 rings (SSSR count). The van der Waals surface area contributed by atoms with E-state index in [0.717, 1.165) is 36.7 Å². The van der Waals surface area contributed by atoms with E-state index in [1.54, 1.807) is 0 Å². The van der Waals surface area contributed by atoms with Crippen LogP contribution in [0.3, 0.4) is 0 Å². The average molecular weight is 277 g/mol. The Hall–Kier alpha value is -1.60. The number of alkyl halides is 3. The van der Waals surface area contributed by atoms with Crippen molar-refractivity contribution in [1.29, 1.82) is 0 Å². The smallest absolute Gasteiger partial charge is 0.453 e. The van der Waals surface area contributed by atoms with Gasteiger partial charge in [-0.2, -0.15) is 13.2 Å². The molecule has 1 aliphatic rings. The fraction of sp³-hybridized carbons (Fsp3) is 0.727. The number of halogens is 3. The van der Waals surface area contributed by atoms with Crippen LogP contribution >= 0.6 is 0 Å². The van der Waals surface area contributed by atoms with Crippen LogP contribution in [0.1, 0.15) is 44.0 Å². The molecule has 0 saturated heterocycles. The van der Waals surface area contributed by atoms with Crippen LogP contribution in [0.4, 0.5) is 13.2 Å². The molecule has 19 heavy (non-hydrogen) atoms. The van der Waals surface area contributed by atoms with Gasteiger partial charge < -0.3 is 5.11 Å². The van der Waals surface area contributed by atoms with Crippen molar-refractivity contribution in [3.63, 3.8) is 0 Å². The van der Waals surface area contributed by atoms with Crippen LogP contribution in [0.15, 0.2) is 6.33 Å². The van der Waals surface area contributed by atoms with Gasteiger partial charge >= 0.3 is 12.1 Å². The Bertz CT molecular complexity index is 452. The molecule has 106 valence electrons. The fourth-order valence-corrected chi connectivity index (χ4v) is 2.44. The Morgan fingerprint density at radius 3 is 2.58 bits per heavy atom. The zero-order valence-corrected chi connectivity index (χ0v) is 10.1. The number of aliphatic carboxylic acids is 1. The van der Waals surface area contributed by atoms with E-state index in [-0.39, 0.29) is 5.92 Å². The summed E-state index contributed by atoms with van der Waals surface area (Å²) >= 11 is 0. The second-order valence-corrected chi connectivity index (χ2v) is 4.79. The highest BCUT2D eigenvalue weighted by Gasteiger charge is 2.37. The molecule has 0 radical (unpaired) electrons. The second-order valence-electron chi connectivity index (χ2n) is 4.79. The third-order valence-electron chi connectivity index (χ3n) is 3.40. The van der Waals surface area contributed by atoms with E-state index in [4.69, 9.17) is 5.11 Å². The molecule has 1 atom stereocenters. The van der Waals surface area contributed by atoms with Gasteiger partial charge in [0.05, 0.1) is 0 Å². The first kappa shape index (κ1) is 13.8. The average Bonchev–Trinajstić information content (AvgIpc) is 2.95. The highest BCUT2D eigenvalue weighted by Crippen LogP contribution is 2.32. The van der Waals surface area contributed by atoms with E-state index in [9.17, 15) is 18.0 Å². The highest BCUT2D eigenvalue weighted by atomic mass is 19.4. The van der Waals surface area contributed by atoms with Crippen LogP contribution in [0, 0.1) is 5.92 Å². The molecule has 0 bridgehead atoms. The van der Waals surface area contributed by atoms with Gasteiger partial charge in [0, 0.05) is 0 Å². The molecule has 1 aromatic heterocycles. The van der Waals surface area contributed by atoms with Gasteiger partial charge in [-0.25, -0.2) is 14.5 Å². The van der Waals surface area contributed by atoms with Crippen molar-refractivity contribution in [1.82, 2.24) is 14.8 Å². The number of hydrogen-bond acceptors (Lipinski definition) is 3. The molecular weight excluding hydrogens is 263 g/mol. The Balaban J connectivity index is 2.14. The number of rotatable bonds is 4. The van der Waals surface area contributed by atoms with Crippen molar-refractivity contribution < 1.29 is 23.1 Å². The lowest BCUT2D eigenvalue weighted by atomic mass is 9.98. The number of hydrogen-bond donors (Lipinski definition) is 1. The normalized spacial score (nSPS) is 18.7. The number of aromatic nitrogens is 3. The minimum atomic E-state index is -4.65. The Kier molecular flexibility index (Phi) is 3.77. The zero-order valence-electron chi connectivity index (χ0n) is 10.1. The Morgan fingerprint density at radius 1 is 1.47 bits per heavy atom. The van der Waals surface area contributed by atoms with E-state index < -0.39 is 24.0 Å². The lowest BCUT2D eigenvalue weighted by Gasteiger charge is -2.16. The molecular formula is C11H14F3N3O2. The summed E-state index contributed by atoms with van der Waals surface area (Å²) < 4.78 is 38.0. The van der Waals surface area contributed by atoms with Crippen molar-refractivity contribution in [3.05, 3.63) is 12.2 Å². The van der Waals surface area contributed by atoms with Crippen molar-refractivity contribution in [2.75, 3.05) is 0 Å². The first-order valence-electron chi connectivity index (χ1n) is 6.09. The van der Waals surface area contributed by atoms with Crippen LogP contribution in [0.2, 0.25) is 0 Å². The van der Waals surface area contributed by atoms with Crippen LogP contribution in [0.5, 0.6) is 0 Å². The fourth-order valence-electron chi connectivity index (χ4n) is 2.44. The molecule has 0 spiro atoms. The SMILES string of the molecule is O=C(O)C(CC1CCCC1)n1cnc(C(F)(F)F)n1. The molecule has 1 aliphatic carbocycles. The van der Waals surface area contributed by atoms with Gasteiger partial charge in [0.15, 0.2) is 6.04 Å².